The number of esters is 1. The molecule has 0 unspecified atom stereocenters. The first-order valence-electron chi connectivity index (χ1n) is 11.5. The number of aromatic nitrogens is 2. The molecule has 1 atom stereocenters. The van der Waals surface area contributed by atoms with Gasteiger partial charge in [0.05, 0.1) is 25.2 Å². The van der Waals surface area contributed by atoms with Crippen LogP contribution >= 0.6 is 0 Å². The highest BCUT2D eigenvalue weighted by Crippen LogP contribution is 2.31. The summed E-state index contributed by atoms with van der Waals surface area (Å²) in [5.74, 6) is -1.82. The molecule has 0 saturated carbocycles. The molecule has 1 aliphatic rings. The number of carbonyl (C=O) groups excluding carboxylic acids is 3. The Balaban J connectivity index is 1.46. The second kappa shape index (κ2) is 10.5. The van der Waals surface area contributed by atoms with Crippen LogP contribution in [0.5, 0.6) is 5.75 Å². The summed E-state index contributed by atoms with van der Waals surface area (Å²) in [6.07, 6.45) is -2.09. The number of hydrogen-bond acceptors (Lipinski definition) is 7. The molecule has 12 heteroatoms. The van der Waals surface area contributed by atoms with Gasteiger partial charge in [0.25, 0.3) is 11.8 Å². The lowest BCUT2D eigenvalue weighted by atomic mass is 10.0. The van der Waals surface area contributed by atoms with Gasteiger partial charge in [-0.1, -0.05) is 26.0 Å². The molecule has 0 fully saturated rings. The molecule has 9 nitrogen and oxygen atoms in total. The number of carbonyl (C=O) groups is 3. The fraction of sp³-hybridized carbons (Fsp3) is 0.269. The van der Waals surface area contributed by atoms with E-state index in [9.17, 15) is 27.6 Å². The van der Waals surface area contributed by atoms with Crippen LogP contribution in [0.3, 0.4) is 0 Å². The minimum Gasteiger partial charge on any atom is -0.467 e. The Bertz CT molecular complexity index is 1360. The summed E-state index contributed by atoms with van der Waals surface area (Å²) in [6.45, 7) is 3.97. The van der Waals surface area contributed by atoms with E-state index in [1.54, 1.807) is 18.2 Å². The maximum atomic E-state index is 13.1. The van der Waals surface area contributed by atoms with Crippen molar-refractivity contribution in [3.63, 3.8) is 0 Å². The summed E-state index contributed by atoms with van der Waals surface area (Å²) < 4.78 is 45.6. The van der Waals surface area contributed by atoms with Gasteiger partial charge in [-0.2, -0.15) is 0 Å². The van der Waals surface area contributed by atoms with Crippen LogP contribution in [0.1, 0.15) is 40.1 Å². The Kier molecular flexibility index (Phi) is 7.33. The van der Waals surface area contributed by atoms with Gasteiger partial charge in [0.1, 0.15) is 11.8 Å². The van der Waals surface area contributed by atoms with Crippen molar-refractivity contribution in [2.75, 3.05) is 12.4 Å². The average Bonchev–Trinajstić information content (AvgIpc) is 3.19. The van der Waals surface area contributed by atoms with Gasteiger partial charge in [-0.05, 0) is 41.8 Å². The van der Waals surface area contributed by atoms with E-state index in [1.165, 1.54) is 36.5 Å². The maximum absolute atomic E-state index is 13.1. The van der Waals surface area contributed by atoms with Crippen LogP contribution in [0.15, 0.2) is 54.9 Å². The number of fused-ring (bicyclic) bond motifs is 1. The van der Waals surface area contributed by atoms with Crippen LogP contribution in [-0.2, 0) is 16.1 Å². The lowest BCUT2D eigenvalue weighted by molar-refractivity contribution is -0.274. The van der Waals surface area contributed by atoms with Crippen LogP contribution < -0.4 is 10.1 Å². The summed E-state index contributed by atoms with van der Waals surface area (Å²) in [5.41, 5.74) is 2.38. The number of ether oxygens (including phenoxy) is 2. The van der Waals surface area contributed by atoms with Gasteiger partial charge in [0.15, 0.2) is 5.82 Å². The highest BCUT2D eigenvalue weighted by Gasteiger charge is 2.39. The molecule has 198 valence electrons. The van der Waals surface area contributed by atoms with Crippen LogP contribution in [0.4, 0.5) is 19.0 Å². The molecule has 1 aliphatic heterocycles. The molecule has 1 N–H and O–H groups in total. The number of halogens is 3. The number of nitrogens with one attached hydrogen (secondary N) is 1. The summed E-state index contributed by atoms with van der Waals surface area (Å²) in [6, 6.07) is 8.98. The fourth-order valence-corrected chi connectivity index (χ4v) is 4.13. The molecule has 0 radical (unpaired) electrons. The zero-order chi connectivity index (χ0) is 27.6. The minimum absolute atomic E-state index is 0.0961. The van der Waals surface area contributed by atoms with Gasteiger partial charge < -0.3 is 19.7 Å². The molecule has 0 aliphatic carbocycles. The monoisotopic (exact) mass is 528 g/mol. The van der Waals surface area contributed by atoms with Crippen LogP contribution in [-0.4, -0.2) is 52.2 Å². The molecule has 3 aromatic rings. The Morgan fingerprint density at radius 1 is 1.05 bits per heavy atom. The largest absolute Gasteiger partial charge is 0.573 e. The number of alkyl halides is 3. The van der Waals surface area contributed by atoms with Crippen molar-refractivity contribution in [3.8, 4) is 17.0 Å². The van der Waals surface area contributed by atoms with Gasteiger partial charge in [0, 0.05) is 23.2 Å². The standard InChI is InChI=1S/C26H23F3N4O5/c1-14(2)22(25(36)37-3)33-13-17-5-4-16(10-19(17)24(33)35)20-11-31-21(12-30-20)32-23(34)15-6-8-18(9-7-15)38-26(27,28)29/h4-12,14,22H,13H2,1-3H3,(H,31,32,34)/t22-/m0/s1. The molecule has 2 aromatic carbocycles. The number of benzene rings is 2. The normalized spacial score (nSPS) is 13.8. The van der Waals surface area contributed by atoms with Crippen LogP contribution in [0.2, 0.25) is 0 Å². The highest BCUT2D eigenvalue weighted by molar-refractivity contribution is 6.04. The third kappa shape index (κ3) is 5.74. The van der Waals surface area contributed by atoms with E-state index < -0.39 is 30.0 Å². The molecule has 1 aromatic heterocycles. The smallest absolute Gasteiger partial charge is 0.467 e. The van der Waals surface area contributed by atoms with Crippen molar-refractivity contribution in [2.45, 2.75) is 32.8 Å². The lowest BCUT2D eigenvalue weighted by Gasteiger charge is -2.28. The third-order valence-electron chi connectivity index (χ3n) is 5.89. The van der Waals surface area contributed by atoms with Crippen molar-refractivity contribution < 1.29 is 37.0 Å². The van der Waals surface area contributed by atoms with Crippen LogP contribution in [0, 0.1) is 5.92 Å². The maximum Gasteiger partial charge on any atom is 0.573 e. The van der Waals surface area contributed by atoms with Crippen molar-refractivity contribution in [2.24, 2.45) is 5.92 Å². The first-order valence-corrected chi connectivity index (χ1v) is 11.5. The van der Waals surface area contributed by atoms with E-state index in [0.29, 0.717) is 16.8 Å². The predicted octanol–water partition coefficient (Wildman–Crippen LogP) is 4.45. The second-order valence-corrected chi connectivity index (χ2v) is 8.83. The second-order valence-electron chi connectivity index (χ2n) is 8.83. The summed E-state index contributed by atoms with van der Waals surface area (Å²) in [4.78, 5) is 47.8. The van der Waals surface area contributed by atoms with E-state index in [0.717, 1.165) is 17.7 Å². The number of hydrogen-bond donors (Lipinski definition) is 1. The summed E-state index contributed by atoms with van der Waals surface area (Å²) >= 11 is 0. The fourth-order valence-electron chi connectivity index (χ4n) is 4.13. The number of rotatable bonds is 7. The molecule has 0 saturated heterocycles. The number of amides is 2. The molecule has 2 amide bonds. The number of anilines is 1. The van der Waals surface area contributed by atoms with Gasteiger partial charge in [-0.15, -0.1) is 13.2 Å². The zero-order valence-corrected chi connectivity index (χ0v) is 20.6. The average molecular weight is 528 g/mol. The van der Waals surface area contributed by atoms with E-state index >= 15 is 0 Å². The lowest BCUT2D eigenvalue weighted by Crippen LogP contribution is -2.45. The topological polar surface area (TPSA) is 111 Å². The zero-order valence-electron chi connectivity index (χ0n) is 20.6. The van der Waals surface area contributed by atoms with Crippen molar-refractivity contribution >= 4 is 23.6 Å². The molecular formula is C26H23F3N4O5. The molecule has 4 rings (SSSR count). The molecular weight excluding hydrogens is 505 g/mol. The molecule has 0 bridgehead atoms. The Morgan fingerprint density at radius 3 is 2.34 bits per heavy atom. The quantitative estimate of drug-likeness (QED) is 0.451. The molecule has 38 heavy (non-hydrogen) atoms. The first-order chi connectivity index (χ1) is 18.0. The Morgan fingerprint density at radius 2 is 1.76 bits per heavy atom. The van der Waals surface area contributed by atoms with Gasteiger partial charge in [0.2, 0.25) is 0 Å². The van der Waals surface area contributed by atoms with Gasteiger partial charge in [-0.3, -0.25) is 14.6 Å². The van der Waals surface area contributed by atoms with Gasteiger partial charge >= 0.3 is 12.3 Å². The van der Waals surface area contributed by atoms with E-state index in [2.05, 4.69) is 20.0 Å². The third-order valence-corrected chi connectivity index (χ3v) is 5.89. The predicted molar refractivity (Wildman–Crippen MR) is 129 cm³/mol. The van der Waals surface area contributed by atoms with Crippen molar-refractivity contribution in [3.05, 3.63) is 71.5 Å². The highest BCUT2D eigenvalue weighted by atomic mass is 19.4. The van der Waals surface area contributed by atoms with Gasteiger partial charge in [-0.25, -0.2) is 9.78 Å². The van der Waals surface area contributed by atoms with E-state index in [1.807, 2.05) is 13.8 Å². The first kappa shape index (κ1) is 26.6. The van der Waals surface area contributed by atoms with E-state index in [4.69, 9.17) is 4.74 Å². The van der Waals surface area contributed by atoms with Crippen molar-refractivity contribution in [1.29, 1.82) is 0 Å². The number of methoxy groups -OCH3 is 1. The molecule has 0 spiro atoms. The summed E-state index contributed by atoms with van der Waals surface area (Å²) in [7, 11) is 1.29. The Hall–Kier alpha value is -4.48. The SMILES string of the molecule is COC(=O)[C@H](C(C)C)N1Cc2ccc(-c3cnc(NC(=O)c4ccc(OC(F)(F)F)cc4)cn3)cc2C1=O. The summed E-state index contributed by atoms with van der Waals surface area (Å²) in [5, 5.41) is 2.52. The minimum atomic E-state index is -4.83. The number of nitrogens with zero attached hydrogens (tertiary/aromatic N) is 3. The van der Waals surface area contributed by atoms with E-state index in [-0.39, 0.29) is 29.8 Å². The van der Waals surface area contributed by atoms with Crippen LogP contribution in [0.25, 0.3) is 11.3 Å². The molecule has 2 heterocycles. The Labute approximate surface area is 215 Å². The van der Waals surface area contributed by atoms with Crippen molar-refractivity contribution in [1.82, 2.24) is 14.9 Å².